The monoisotopic (exact) mass is 254 g/mol. The van der Waals surface area contributed by atoms with Crippen LogP contribution in [-0.4, -0.2) is 9.59 Å². The summed E-state index contributed by atoms with van der Waals surface area (Å²) < 4.78 is 4.85. The van der Waals surface area contributed by atoms with Crippen LogP contribution in [-0.2, 0) is 0 Å². The van der Waals surface area contributed by atoms with Gasteiger partial charge in [0.15, 0.2) is 0 Å². The molecule has 2 aromatic rings. The van der Waals surface area contributed by atoms with Gasteiger partial charge in [-0.05, 0) is 34.4 Å². The standard InChI is InChI=1S/C9H7BrN2S/c1-6-2-4-7(5-3-6)8-9(10)13-12-11-8/h2-5H,1H3. The van der Waals surface area contributed by atoms with Crippen molar-refractivity contribution >= 4 is 27.5 Å². The van der Waals surface area contributed by atoms with E-state index in [0.717, 1.165) is 15.0 Å². The first-order valence-corrected chi connectivity index (χ1v) is 5.39. The highest BCUT2D eigenvalue weighted by atomic mass is 79.9. The van der Waals surface area contributed by atoms with Crippen molar-refractivity contribution in [3.8, 4) is 11.3 Å². The predicted molar refractivity (Wildman–Crippen MR) is 57.8 cm³/mol. The second kappa shape index (κ2) is 3.55. The lowest BCUT2D eigenvalue weighted by Crippen LogP contribution is -1.79. The lowest BCUT2D eigenvalue weighted by atomic mass is 10.1. The Morgan fingerprint density at radius 2 is 1.92 bits per heavy atom. The van der Waals surface area contributed by atoms with Crippen LogP contribution in [0.15, 0.2) is 28.1 Å². The third kappa shape index (κ3) is 1.78. The molecule has 0 fully saturated rings. The van der Waals surface area contributed by atoms with Gasteiger partial charge >= 0.3 is 0 Å². The van der Waals surface area contributed by atoms with Crippen molar-refractivity contribution in [2.45, 2.75) is 6.92 Å². The second-order valence-electron chi connectivity index (χ2n) is 2.76. The maximum atomic E-state index is 4.04. The minimum absolute atomic E-state index is 0.921. The molecule has 2 nitrogen and oxygen atoms in total. The quantitative estimate of drug-likeness (QED) is 0.781. The van der Waals surface area contributed by atoms with Crippen molar-refractivity contribution in [2.24, 2.45) is 0 Å². The van der Waals surface area contributed by atoms with Gasteiger partial charge in [-0.1, -0.05) is 34.3 Å². The number of aryl methyl sites for hydroxylation is 1. The summed E-state index contributed by atoms with van der Waals surface area (Å²) in [6.45, 7) is 2.07. The molecule has 0 saturated carbocycles. The van der Waals surface area contributed by atoms with Crippen molar-refractivity contribution in [1.29, 1.82) is 0 Å². The van der Waals surface area contributed by atoms with E-state index >= 15 is 0 Å². The van der Waals surface area contributed by atoms with Crippen LogP contribution in [0.5, 0.6) is 0 Å². The fraction of sp³-hybridized carbons (Fsp3) is 0.111. The Kier molecular flexibility index (Phi) is 2.42. The molecule has 0 unspecified atom stereocenters. The Morgan fingerprint density at radius 1 is 1.23 bits per heavy atom. The predicted octanol–water partition coefficient (Wildman–Crippen LogP) is 3.28. The number of nitrogens with zero attached hydrogens (tertiary/aromatic N) is 2. The molecule has 1 aromatic carbocycles. The average molecular weight is 255 g/mol. The lowest BCUT2D eigenvalue weighted by molar-refractivity contribution is 1.16. The maximum absolute atomic E-state index is 4.04. The molecular weight excluding hydrogens is 248 g/mol. The second-order valence-corrected chi connectivity index (χ2v) is 4.83. The summed E-state index contributed by atoms with van der Waals surface area (Å²) in [5, 5.41) is 4.04. The molecular formula is C9H7BrN2S. The highest BCUT2D eigenvalue weighted by Crippen LogP contribution is 2.28. The van der Waals surface area contributed by atoms with Crippen LogP contribution >= 0.6 is 27.5 Å². The molecule has 0 aliphatic heterocycles. The van der Waals surface area contributed by atoms with Crippen LogP contribution in [0.4, 0.5) is 0 Å². The van der Waals surface area contributed by atoms with Crippen molar-refractivity contribution in [3.05, 3.63) is 33.6 Å². The van der Waals surface area contributed by atoms with E-state index in [-0.39, 0.29) is 0 Å². The topological polar surface area (TPSA) is 25.8 Å². The third-order valence-corrected chi connectivity index (χ3v) is 3.10. The summed E-state index contributed by atoms with van der Waals surface area (Å²) in [5.74, 6) is 0. The summed E-state index contributed by atoms with van der Waals surface area (Å²) in [6.07, 6.45) is 0. The normalized spacial score (nSPS) is 10.3. The number of rotatable bonds is 1. The van der Waals surface area contributed by atoms with Crippen LogP contribution in [0.1, 0.15) is 5.56 Å². The van der Waals surface area contributed by atoms with E-state index in [2.05, 4.69) is 56.7 Å². The molecule has 0 amide bonds. The molecule has 0 atom stereocenters. The molecule has 0 aliphatic carbocycles. The molecule has 1 heterocycles. The number of hydrogen-bond donors (Lipinski definition) is 0. The Bertz CT molecular complexity index is 408. The van der Waals surface area contributed by atoms with Gasteiger partial charge in [0.2, 0.25) is 0 Å². The van der Waals surface area contributed by atoms with Gasteiger partial charge in [-0.3, -0.25) is 0 Å². The van der Waals surface area contributed by atoms with Gasteiger partial charge in [0.1, 0.15) is 9.48 Å². The van der Waals surface area contributed by atoms with Crippen molar-refractivity contribution < 1.29 is 0 Å². The van der Waals surface area contributed by atoms with E-state index in [4.69, 9.17) is 0 Å². The molecule has 66 valence electrons. The van der Waals surface area contributed by atoms with E-state index in [0.29, 0.717) is 0 Å². The smallest absolute Gasteiger partial charge is 0.120 e. The van der Waals surface area contributed by atoms with Gasteiger partial charge in [-0.2, -0.15) is 0 Å². The van der Waals surface area contributed by atoms with Crippen molar-refractivity contribution in [1.82, 2.24) is 9.59 Å². The SMILES string of the molecule is Cc1ccc(-c2nnsc2Br)cc1. The minimum Gasteiger partial charge on any atom is -0.137 e. The zero-order valence-corrected chi connectivity index (χ0v) is 9.39. The highest BCUT2D eigenvalue weighted by Gasteiger charge is 2.06. The van der Waals surface area contributed by atoms with E-state index < -0.39 is 0 Å². The van der Waals surface area contributed by atoms with Gasteiger partial charge in [-0.25, -0.2) is 0 Å². The van der Waals surface area contributed by atoms with Gasteiger partial charge < -0.3 is 0 Å². The summed E-state index contributed by atoms with van der Waals surface area (Å²) in [6, 6.07) is 8.25. The van der Waals surface area contributed by atoms with Crippen LogP contribution in [0, 0.1) is 6.92 Å². The number of hydrogen-bond acceptors (Lipinski definition) is 3. The number of benzene rings is 1. The number of aromatic nitrogens is 2. The minimum atomic E-state index is 0.921. The van der Waals surface area contributed by atoms with Crippen molar-refractivity contribution in [2.75, 3.05) is 0 Å². The van der Waals surface area contributed by atoms with E-state index in [1.807, 2.05) is 0 Å². The number of halogens is 1. The first-order valence-electron chi connectivity index (χ1n) is 3.82. The third-order valence-electron chi connectivity index (χ3n) is 1.77. The van der Waals surface area contributed by atoms with Gasteiger partial charge in [-0.15, -0.1) is 5.10 Å². The van der Waals surface area contributed by atoms with Crippen LogP contribution in [0.3, 0.4) is 0 Å². The fourth-order valence-electron chi connectivity index (χ4n) is 1.06. The first-order chi connectivity index (χ1) is 6.27. The summed E-state index contributed by atoms with van der Waals surface area (Å²) >= 11 is 4.77. The first kappa shape index (κ1) is 8.84. The Balaban J connectivity index is 2.47. The molecule has 0 N–H and O–H groups in total. The molecule has 0 spiro atoms. The van der Waals surface area contributed by atoms with Gasteiger partial charge in [0.05, 0.1) is 0 Å². The van der Waals surface area contributed by atoms with Crippen LogP contribution in [0.2, 0.25) is 0 Å². The maximum Gasteiger partial charge on any atom is 0.120 e. The van der Waals surface area contributed by atoms with Crippen molar-refractivity contribution in [3.63, 3.8) is 0 Å². The zero-order valence-electron chi connectivity index (χ0n) is 6.99. The highest BCUT2D eigenvalue weighted by molar-refractivity contribution is 9.11. The average Bonchev–Trinajstić information content (AvgIpc) is 2.53. The molecule has 0 radical (unpaired) electrons. The molecule has 13 heavy (non-hydrogen) atoms. The Morgan fingerprint density at radius 3 is 2.46 bits per heavy atom. The summed E-state index contributed by atoms with van der Waals surface area (Å²) in [7, 11) is 0. The summed E-state index contributed by atoms with van der Waals surface area (Å²) in [5.41, 5.74) is 3.28. The van der Waals surface area contributed by atoms with E-state index in [1.54, 1.807) is 0 Å². The van der Waals surface area contributed by atoms with Gasteiger partial charge in [0.25, 0.3) is 0 Å². The molecule has 0 aliphatic rings. The van der Waals surface area contributed by atoms with Gasteiger partial charge in [0, 0.05) is 5.56 Å². The van der Waals surface area contributed by atoms with E-state index in [1.165, 1.54) is 17.1 Å². The van der Waals surface area contributed by atoms with Crippen LogP contribution < -0.4 is 0 Å². The molecule has 0 bridgehead atoms. The lowest BCUT2D eigenvalue weighted by Gasteiger charge is -1.96. The Hall–Kier alpha value is -0.740. The molecule has 1 aromatic heterocycles. The van der Waals surface area contributed by atoms with E-state index in [9.17, 15) is 0 Å². The zero-order chi connectivity index (χ0) is 9.26. The largest absolute Gasteiger partial charge is 0.137 e. The fourth-order valence-corrected chi connectivity index (χ4v) is 2.00. The molecule has 2 rings (SSSR count). The summed E-state index contributed by atoms with van der Waals surface area (Å²) in [4.78, 5) is 0. The van der Waals surface area contributed by atoms with Crippen LogP contribution in [0.25, 0.3) is 11.3 Å². The Labute approximate surface area is 88.9 Å². The molecule has 0 saturated heterocycles. The molecule has 4 heteroatoms.